The number of hydrogen-bond donors (Lipinski definition) is 0. The summed E-state index contributed by atoms with van der Waals surface area (Å²) in [4.78, 5) is 4.00. The fraction of sp³-hybridized carbons (Fsp3) is 0.444. The molecular formula is C9H15N. The van der Waals surface area contributed by atoms with Gasteiger partial charge < -0.3 is 0 Å². The predicted octanol–water partition coefficient (Wildman–Crippen LogP) is 2.95. The van der Waals surface area contributed by atoms with Crippen LogP contribution in [0.1, 0.15) is 26.7 Å². The van der Waals surface area contributed by atoms with Crippen molar-refractivity contribution in [2.45, 2.75) is 26.7 Å². The van der Waals surface area contributed by atoms with Gasteiger partial charge in [0, 0.05) is 12.4 Å². The maximum absolute atomic E-state index is 4.00. The molecule has 0 saturated carbocycles. The van der Waals surface area contributed by atoms with E-state index in [2.05, 4.69) is 25.4 Å². The zero-order valence-corrected chi connectivity index (χ0v) is 6.80. The lowest BCUT2D eigenvalue weighted by molar-refractivity contribution is 0.902. The Morgan fingerprint density at radius 2 is 2.30 bits per heavy atom. The molecule has 0 bridgehead atoms. The van der Waals surface area contributed by atoms with Crippen LogP contribution in [0.25, 0.3) is 0 Å². The maximum atomic E-state index is 4.00. The summed E-state index contributed by atoms with van der Waals surface area (Å²) in [7, 11) is 0. The van der Waals surface area contributed by atoms with Crippen molar-refractivity contribution in [1.82, 2.24) is 0 Å². The summed E-state index contributed by atoms with van der Waals surface area (Å²) in [6.45, 7) is 7.77. The fourth-order valence-electron chi connectivity index (χ4n) is 0.690. The molecule has 10 heavy (non-hydrogen) atoms. The molecule has 0 aromatic heterocycles. The van der Waals surface area contributed by atoms with E-state index in [1.807, 2.05) is 6.20 Å². The quantitative estimate of drug-likeness (QED) is 0.528. The summed E-state index contributed by atoms with van der Waals surface area (Å²) >= 11 is 0. The van der Waals surface area contributed by atoms with Crippen molar-refractivity contribution in [3.63, 3.8) is 0 Å². The molecule has 0 amide bonds. The van der Waals surface area contributed by atoms with E-state index in [0.717, 1.165) is 6.42 Å². The van der Waals surface area contributed by atoms with Gasteiger partial charge in [0.05, 0.1) is 0 Å². The molecular weight excluding hydrogens is 122 g/mol. The highest BCUT2D eigenvalue weighted by Gasteiger charge is 1.82. The van der Waals surface area contributed by atoms with Gasteiger partial charge in [0.1, 0.15) is 0 Å². The third-order valence-corrected chi connectivity index (χ3v) is 1.13. The van der Waals surface area contributed by atoms with E-state index in [4.69, 9.17) is 0 Å². The van der Waals surface area contributed by atoms with Gasteiger partial charge in [-0.3, -0.25) is 4.99 Å². The first-order valence-electron chi connectivity index (χ1n) is 3.61. The molecule has 0 aliphatic carbocycles. The standard InChI is InChI=1S/C9H15N/c1-4-6-9(3)8-10-7-5-2/h5,7-8H,2,4,6H2,1,3H3/b9-8-,10-7?. The molecule has 0 saturated heterocycles. The van der Waals surface area contributed by atoms with E-state index < -0.39 is 0 Å². The number of allylic oxidation sites excluding steroid dienone is 2. The monoisotopic (exact) mass is 137 g/mol. The zero-order chi connectivity index (χ0) is 7.82. The second kappa shape index (κ2) is 6.27. The highest BCUT2D eigenvalue weighted by Crippen LogP contribution is 2.01. The average molecular weight is 137 g/mol. The predicted molar refractivity (Wildman–Crippen MR) is 47.4 cm³/mol. The van der Waals surface area contributed by atoms with E-state index >= 15 is 0 Å². The molecule has 0 fully saturated rings. The molecule has 56 valence electrons. The van der Waals surface area contributed by atoms with E-state index in [1.165, 1.54) is 12.0 Å². The Labute approximate surface area is 63.2 Å². The van der Waals surface area contributed by atoms with Gasteiger partial charge in [-0.15, -0.1) is 0 Å². The summed E-state index contributed by atoms with van der Waals surface area (Å²) in [6, 6.07) is 0. The van der Waals surface area contributed by atoms with Crippen LogP contribution in [-0.2, 0) is 0 Å². The van der Waals surface area contributed by atoms with Gasteiger partial charge in [-0.05, 0) is 13.3 Å². The topological polar surface area (TPSA) is 12.4 Å². The summed E-state index contributed by atoms with van der Waals surface area (Å²) in [5.74, 6) is 0. The Balaban J connectivity index is 3.67. The minimum atomic E-state index is 1.13. The molecule has 1 heteroatoms. The average Bonchev–Trinajstić information content (AvgIpc) is 1.89. The zero-order valence-electron chi connectivity index (χ0n) is 6.80. The highest BCUT2D eigenvalue weighted by molar-refractivity contribution is 5.70. The van der Waals surface area contributed by atoms with Crippen molar-refractivity contribution in [2.75, 3.05) is 0 Å². The van der Waals surface area contributed by atoms with Crippen LogP contribution in [-0.4, -0.2) is 6.21 Å². The molecule has 0 heterocycles. The minimum Gasteiger partial charge on any atom is -0.265 e. The Hall–Kier alpha value is -0.850. The van der Waals surface area contributed by atoms with Crippen molar-refractivity contribution in [2.24, 2.45) is 4.99 Å². The fourth-order valence-corrected chi connectivity index (χ4v) is 0.690. The molecule has 0 N–H and O–H groups in total. The molecule has 0 radical (unpaired) electrons. The number of nitrogens with zero attached hydrogens (tertiary/aromatic N) is 1. The largest absolute Gasteiger partial charge is 0.265 e. The molecule has 0 aromatic rings. The van der Waals surface area contributed by atoms with Gasteiger partial charge >= 0.3 is 0 Å². The third kappa shape index (κ3) is 5.29. The van der Waals surface area contributed by atoms with Gasteiger partial charge in [0.15, 0.2) is 0 Å². The van der Waals surface area contributed by atoms with Crippen LogP contribution in [0.4, 0.5) is 0 Å². The highest BCUT2D eigenvalue weighted by atomic mass is 14.7. The van der Waals surface area contributed by atoms with Crippen LogP contribution in [0.15, 0.2) is 29.4 Å². The molecule has 0 unspecified atom stereocenters. The second-order valence-corrected chi connectivity index (χ2v) is 2.26. The number of hydrogen-bond acceptors (Lipinski definition) is 1. The lowest BCUT2D eigenvalue weighted by Crippen LogP contribution is -1.72. The summed E-state index contributed by atoms with van der Waals surface area (Å²) < 4.78 is 0. The van der Waals surface area contributed by atoms with Crippen LogP contribution < -0.4 is 0 Å². The summed E-state index contributed by atoms with van der Waals surface area (Å²) in [5, 5.41) is 0. The Morgan fingerprint density at radius 1 is 1.60 bits per heavy atom. The van der Waals surface area contributed by atoms with E-state index in [-0.39, 0.29) is 0 Å². The molecule has 0 aromatic carbocycles. The summed E-state index contributed by atoms with van der Waals surface area (Å²) in [5.41, 5.74) is 1.32. The SMILES string of the molecule is C=CC=N/C=C(/C)CCC. The Morgan fingerprint density at radius 3 is 2.80 bits per heavy atom. The van der Waals surface area contributed by atoms with Crippen LogP contribution in [0.5, 0.6) is 0 Å². The van der Waals surface area contributed by atoms with Crippen LogP contribution >= 0.6 is 0 Å². The van der Waals surface area contributed by atoms with Gasteiger partial charge in [0.25, 0.3) is 0 Å². The second-order valence-electron chi connectivity index (χ2n) is 2.26. The lowest BCUT2D eigenvalue weighted by Gasteiger charge is -1.91. The molecule has 0 rings (SSSR count). The number of aliphatic imine (C=N–C) groups is 1. The minimum absolute atomic E-state index is 1.13. The van der Waals surface area contributed by atoms with E-state index in [9.17, 15) is 0 Å². The number of rotatable bonds is 4. The van der Waals surface area contributed by atoms with Crippen LogP contribution in [0.2, 0.25) is 0 Å². The van der Waals surface area contributed by atoms with Crippen molar-refractivity contribution < 1.29 is 0 Å². The maximum Gasteiger partial charge on any atom is 0.0261 e. The Kier molecular flexibility index (Phi) is 5.74. The van der Waals surface area contributed by atoms with Gasteiger partial charge in [-0.2, -0.15) is 0 Å². The van der Waals surface area contributed by atoms with Gasteiger partial charge in [-0.1, -0.05) is 31.6 Å². The third-order valence-electron chi connectivity index (χ3n) is 1.13. The molecule has 0 spiro atoms. The van der Waals surface area contributed by atoms with E-state index in [0.29, 0.717) is 0 Å². The van der Waals surface area contributed by atoms with Crippen LogP contribution in [0.3, 0.4) is 0 Å². The molecule has 0 aliphatic heterocycles. The molecule has 0 atom stereocenters. The first kappa shape index (κ1) is 9.15. The lowest BCUT2D eigenvalue weighted by atomic mass is 10.2. The van der Waals surface area contributed by atoms with Gasteiger partial charge in [0.2, 0.25) is 0 Å². The van der Waals surface area contributed by atoms with Gasteiger partial charge in [-0.25, -0.2) is 0 Å². The first-order valence-corrected chi connectivity index (χ1v) is 3.61. The van der Waals surface area contributed by atoms with Crippen molar-refractivity contribution >= 4 is 6.21 Å². The summed E-state index contributed by atoms with van der Waals surface area (Å²) in [6.07, 6.45) is 7.57. The Bertz CT molecular complexity index is 143. The smallest absolute Gasteiger partial charge is 0.0261 e. The van der Waals surface area contributed by atoms with Crippen molar-refractivity contribution in [1.29, 1.82) is 0 Å². The normalized spacial score (nSPS) is 12.4. The van der Waals surface area contributed by atoms with E-state index in [1.54, 1.807) is 12.3 Å². The molecule has 1 nitrogen and oxygen atoms in total. The molecule has 0 aliphatic rings. The van der Waals surface area contributed by atoms with Crippen molar-refractivity contribution in [3.05, 3.63) is 24.4 Å². The van der Waals surface area contributed by atoms with Crippen LogP contribution in [0, 0.1) is 0 Å². The van der Waals surface area contributed by atoms with Crippen molar-refractivity contribution in [3.8, 4) is 0 Å². The first-order chi connectivity index (χ1) is 4.81.